The predicted octanol–water partition coefficient (Wildman–Crippen LogP) is 17.6. The first kappa shape index (κ1) is 87.3. The van der Waals surface area contributed by atoms with Crippen LogP contribution in [0.1, 0.15) is 367 Å². The van der Waals surface area contributed by atoms with Crippen LogP contribution >= 0.6 is 0 Å². The first-order chi connectivity index (χ1) is 45.6. The molecule has 2 heterocycles. The van der Waals surface area contributed by atoms with Gasteiger partial charge in [-0.15, -0.1) is 0 Å². The maximum atomic E-state index is 13.4. The number of rotatable bonds is 67. The lowest BCUT2D eigenvalue weighted by Crippen LogP contribution is -2.65. The maximum absolute atomic E-state index is 13.4. The summed E-state index contributed by atoms with van der Waals surface area (Å²) in [5.41, 5.74) is 0. The Labute approximate surface area is 570 Å². The van der Waals surface area contributed by atoms with Gasteiger partial charge in [0, 0.05) is 6.42 Å². The minimum Gasteiger partial charge on any atom is -0.394 e. The van der Waals surface area contributed by atoms with Crippen LogP contribution in [0.4, 0.5) is 0 Å². The number of aliphatic hydroxyl groups is 8. The number of hydrogen-bond donors (Lipinski definition) is 9. The first-order valence-electron chi connectivity index (χ1n) is 39.7. The van der Waals surface area contributed by atoms with E-state index in [4.69, 9.17) is 18.9 Å². The summed E-state index contributed by atoms with van der Waals surface area (Å²) in [5.74, 6) is -0.245. The van der Waals surface area contributed by atoms with E-state index in [-0.39, 0.29) is 18.9 Å². The van der Waals surface area contributed by atoms with E-state index in [1.165, 1.54) is 289 Å². The second-order valence-electron chi connectivity index (χ2n) is 28.2. The van der Waals surface area contributed by atoms with E-state index in [0.29, 0.717) is 12.8 Å². The van der Waals surface area contributed by atoms with Gasteiger partial charge in [0.15, 0.2) is 12.6 Å². The van der Waals surface area contributed by atoms with Gasteiger partial charge in [-0.1, -0.05) is 352 Å². The number of nitrogens with one attached hydrogen (secondary N) is 1. The van der Waals surface area contributed by atoms with Crippen molar-refractivity contribution in [2.24, 2.45) is 0 Å². The van der Waals surface area contributed by atoms with Gasteiger partial charge < -0.3 is 65.1 Å². The normalized spacial score (nSPS) is 22.7. The number of amides is 1. The average Bonchev–Trinajstić information content (AvgIpc) is 0.855. The number of hydrogen-bond acceptors (Lipinski definition) is 13. The van der Waals surface area contributed by atoms with Gasteiger partial charge in [-0.3, -0.25) is 4.79 Å². The molecule has 2 aliphatic heterocycles. The fraction of sp³-hybridized carbons (Fsp3) is 0.911. The number of allylic oxidation sites excluding steroid dienone is 5. The molecule has 12 atom stereocenters. The van der Waals surface area contributed by atoms with E-state index in [9.17, 15) is 45.6 Å². The summed E-state index contributed by atoms with van der Waals surface area (Å²) in [6.45, 7) is 2.84. The smallest absolute Gasteiger partial charge is 0.220 e. The van der Waals surface area contributed by atoms with Crippen LogP contribution in [-0.4, -0.2) is 140 Å². The highest BCUT2D eigenvalue weighted by molar-refractivity contribution is 5.76. The number of aliphatic hydroxyl groups excluding tert-OH is 8. The Hall–Kier alpha value is -1.79. The van der Waals surface area contributed by atoms with Crippen LogP contribution in [0.2, 0.25) is 0 Å². The Morgan fingerprint density at radius 3 is 1.05 bits per heavy atom. The Balaban J connectivity index is 1.62. The van der Waals surface area contributed by atoms with Crippen molar-refractivity contribution in [3.8, 4) is 0 Å². The van der Waals surface area contributed by atoms with Crippen molar-refractivity contribution in [1.29, 1.82) is 0 Å². The molecule has 0 aliphatic carbocycles. The molecule has 1 amide bonds. The van der Waals surface area contributed by atoms with Gasteiger partial charge in [-0.05, 0) is 44.9 Å². The van der Waals surface area contributed by atoms with Gasteiger partial charge in [0.05, 0.1) is 32.0 Å². The van der Waals surface area contributed by atoms with Crippen molar-refractivity contribution in [1.82, 2.24) is 5.32 Å². The summed E-state index contributed by atoms with van der Waals surface area (Å²) in [5, 5.41) is 87.6. The topological polar surface area (TPSA) is 228 Å². The summed E-state index contributed by atoms with van der Waals surface area (Å²) < 4.78 is 22.9. The minimum absolute atomic E-state index is 0.245. The number of unbranched alkanes of at least 4 members (excludes halogenated alkanes) is 50. The fourth-order valence-corrected chi connectivity index (χ4v) is 13.3. The van der Waals surface area contributed by atoms with Crippen molar-refractivity contribution < 1.29 is 64.6 Å². The molecule has 2 fully saturated rings. The molecule has 14 heteroatoms. The molecule has 2 aliphatic rings. The molecule has 12 unspecified atom stereocenters. The average molecular weight is 1320 g/mol. The van der Waals surface area contributed by atoms with Crippen molar-refractivity contribution in [3.63, 3.8) is 0 Å². The Morgan fingerprint density at radius 2 is 0.688 bits per heavy atom. The largest absolute Gasteiger partial charge is 0.394 e. The summed E-state index contributed by atoms with van der Waals surface area (Å²) in [4.78, 5) is 13.4. The molecule has 2 saturated heterocycles. The summed E-state index contributed by atoms with van der Waals surface area (Å²) in [6, 6.07) is -0.938. The van der Waals surface area contributed by atoms with Crippen LogP contribution in [0.5, 0.6) is 0 Å². The predicted molar refractivity (Wildman–Crippen MR) is 383 cm³/mol. The van der Waals surface area contributed by atoms with Crippen molar-refractivity contribution in [2.45, 2.75) is 441 Å². The van der Waals surface area contributed by atoms with Crippen LogP contribution in [0, 0.1) is 0 Å². The van der Waals surface area contributed by atoms with E-state index in [1.54, 1.807) is 6.08 Å². The van der Waals surface area contributed by atoms with E-state index in [1.807, 2.05) is 6.08 Å². The molecule has 2 rings (SSSR count). The van der Waals surface area contributed by atoms with Crippen LogP contribution in [0.25, 0.3) is 0 Å². The minimum atomic E-state index is -1.79. The lowest BCUT2D eigenvalue weighted by Gasteiger charge is -2.46. The van der Waals surface area contributed by atoms with Crippen LogP contribution in [0.15, 0.2) is 36.5 Å². The Morgan fingerprint density at radius 1 is 0.376 bits per heavy atom. The molecule has 0 bridgehead atoms. The highest BCUT2D eigenvalue weighted by atomic mass is 16.7. The number of carbonyl (C=O) groups excluding carboxylic acids is 1. The Kier molecular flexibility index (Phi) is 59.7. The molecule has 0 aromatic rings. The van der Waals surface area contributed by atoms with Gasteiger partial charge in [0.25, 0.3) is 0 Å². The van der Waals surface area contributed by atoms with Crippen molar-refractivity contribution in [3.05, 3.63) is 36.5 Å². The molecule has 14 nitrogen and oxygen atoms in total. The lowest BCUT2D eigenvalue weighted by atomic mass is 9.97. The highest BCUT2D eigenvalue weighted by Crippen LogP contribution is 2.30. The van der Waals surface area contributed by atoms with Crippen molar-refractivity contribution in [2.75, 3.05) is 19.8 Å². The van der Waals surface area contributed by atoms with Gasteiger partial charge in [-0.2, -0.15) is 0 Å². The summed E-state index contributed by atoms with van der Waals surface area (Å²) in [7, 11) is 0. The molecule has 9 N–H and O–H groups in total. The molecule has 93 heavy (non-hydrogen) atoms. The van der Waals surface area contributed by atoms with Crippen molar-refractivity contribution >= 4 is 5.91 Å². The summed E-state index contributed by atoms with van der Waals surface area (Å²) in [6.07, 6.45) is 66.7. The molecular formula is C79H149NO13. The van der Waals surface area contributed by atoms with E-state index in [2.05, 4.69) is 43.5 Å². The van der Waals surface area contributed by atoms with Crippen LogP contribution < -0.4 is 5.32 Å². The SMILES string of the molecule is CCCCCCCCCCCCCCCCC/C=C/CC/C=C/CC/C=C/C(O)C(COC1OC(CO)C(OC2OC(CO)C(O)C(O)C2O)C(O)C1O)NC(=O)CCCCCCCCCCCCCCCCCCCCCCCCCCCCCCCCCCCC. The quantitative estimate of drug-likeness (QED) is 0.0204. The molecule has 0 aromatic heterocycles. The fourth-order valence-electron chi connectivity index (χ4n) is 13.3. The Bertz CT molecular complexity index is 1700. The van der Waals surface area contributed by atoms with E-state index >= 15 is 0 Å². The molecule has 0 saturated carbocycles. The number of ether oxygens (including phenoxy) is 4. The molecular weight excluding hydrogens is 1170 g/mol. The monoisotopic (exact) mass is 1320 g/mol. The number of carbonyl (C=O) groups is 1. The molecule has 548 valence electrons. The second kappa shape index (κ2) is 63.6. The second-order valence-corrected chi connectivity index (χ2v) is 28.2. The van der Waals surface area contributed by atoms with Gasteiger partial charge >= 0.3 is 0 Å². The standard InChI is InChI=1S/C79H149NO13/c1-3-5-7-9-11-13-15-17-19-21-23-25-27-29-30-31-32-33-34-35-36-37-39-41-43-45-47-49-51-53-55-57-59-61-63-71(84)80-67(66-90-78-76(89)74(87)77(70(65-82)92-78)93-79-75(88)73(86)72(85)69(64-81)91-79)68(83)62-60-58-56-54-52-50-48-46-44-42-40-38-28-26-24-22-20-18-16-14-12-10-8-6-4-2/h44,46,52,54,60,62,67-70,72-79,81-83,85-89H,3-43,45,47-51,53,55-59,61,63-66H2,1-2H3,(H,80,84)/b46-44+,54-52+,62-60+. The van der Waals surface area contributed by atoms with Crippen LogP contribution in [0.3, 0.4) is 0 Å². The zero-order chi connectivity index (χ0) is 67.3. The zero-order valence-electron chi connectivity index (χ0n) is 60.0. The molecule has 0 radical (unpaired) electrons. The third-order valence-electron chi connectivity index (χ3n) is 19.6. The highest BCUT2D eigenvalue weighted by Gasteiger charge is 2.51. The van der Waals surface area contributed by atoms with Gasteiger partial charge in [0.2, 0.25) is 5.91 Å². The van der Waals surface area contributed by atoms with E-state index in [0.717, 1.165) is 44.9 Å². The maximum Gasteiger partial charge on any atom is 0.220 e. The summed E-state index contributed by atoms with van der Waals surface area (Å²) >= 11 is 0. The third kappa shape index (κ3) is 47.0. The third-order valence-corrected chi connectivity index (χ3v) is 19.6. The first-order valence-corrected chi connectivity index (χ1v) is 39.7. The molecule has 0 aromatic carbocycles. The molecule has 0 spiro atoms. The van der Waals surface area contributed by atoms with Gasteiger partial charge in [0.1, 0.15) is 48.8 Å². The zero-order valence-corrected chi connectivity index (χ0v) is 60.0. The van der Waals surface area contributed by atoms with Gasteiger partial charge in [-0.25, -0.2) is 0 Å². The van der Waals surface area contributed by atoms with Crippen LogP contribution in [-0.2, 0) is 23.7 Å². The van der Waals surface area contributed by atoms with E-state index < -0.39 is 86.8 Å². The lowest BCUT2D eigenvalue weighted by molar-refractivity contribution is -0.359.